The smallest absolute Gasteiger partial charge is 0.195 e. The summed E-state index contributed by atoms with van der Waals surface area (Å²) < 4.78 is 5.30. The Balaban J connectivity index is 1.81. The molecule has 0 atom stereocenters. The van der Waals surface area contributed by atoms with Gasteiger partial charge >= 0.3 is 0 Å². The molecule has 2 aromatic carbocycles. The van der Waals surface area contributed by atoms with E-state index in [1.165, 1.54) is 0 Å². The summed E-state index contributed by atoms with van der Waals surface area (Å²) in [6, 6.07) is 13.8. The van der Waals surface area contributed by atoms with Crippen LogP contribution in [0.1, 0.15) is 59.1 Å². The number of nitrogens with one attached hydrogen (secondary N) is 1. The number of hydrogen-bond acceptors (Lipinski definition) is 3. The molecule has 1 aliphatic carbocycles. The normalized spacial score (nSPS) is 14.5. The summed E-state index contributed by atoms with van der Waals surface area (Å²) in [5.41, 5.74) is 7.68. The number of furan rings is 1. The molecule has 1 aliphatic rings. The molecule has 0 amide bonds. The fraction of sp³-hybridized carbons (Fsp3) is 0.200. The summed E-state index contributed by atoms with van der Waals surface area (Å²) in [6.07, 6.45) is 4.25. The molecule has 4 aromatic rings. The van der Waals surface area contributed by atoms with Gasteiger partial charge in [-0.15, -0.1) is 0 Å². The molecule has 0 spiro atoms. The maximum atomic E-state index is 13.6. The predicted molar refractivity (Wildman–Crippen MR) is 112 cm³/mol. The number of ketones is 1. The van der Waals surface area contributed by atoms with E-state index >= 15 is 0 Å². The van der Waals surface area contributed by atoms with Crippen LogP contribution in [0.4, 0.5) is 0 Å². The number of nitriles is 1. The number of aryl methyl sites for hydroxylation is 1. The zero-order valence-electron chi connectivity index (χ0n) is 16.6. The zero-order chi connectivity index (χ0) is 20.3. The second kappa shape index (κ2) is 5.96. The van der Waals surface area contributed by atoms with Gasteiger partial charge in [-0.05, 0) is 53.4 Å². The average molecular weight is 380 g/mol. The average Bonchev–Trinajstić information content (AvgIpc) is 3.39. The van der Waals surface area contributed by atoms with E-state index in [0.29, 0.717) is 5.56 Å². The van der Waals surface area contributed by atoms with Crippen LogP contribution in [0.15, 0.2) is 53.3 Å². The van der Waals surface area contributed by atoms with E-state index in [2.05, 4.69) is 37.9 Å². The van der Waals surface area contributed by atoms with E-state index in [1.807, 2.05) is 24.3 Å². The third kappa shape index (κ3) is 2.34. The third-order valence-electron chi connectivity index (χ3n) is 6.15. The van der Waals surface area contributed by atoms with Gasteiger partial charge in [0.1, 0.15) is 0 Å². The monoisotopic (exact) mass is 380 g/mol. The van der Waals surface area contributed by atoms with Crippen molar-refractivity contribution in [3.05, 3.63) is 82.4 Å². The van der Waals surface area contributed by atoms with Crippen LogP contribution < -0.4 is 0 Å². The van der Waals surface area contributed by atoms with Crippen LogP contribution in [-0.2, 0) is 11.8 Å². The highest BCUT2D eigenvalue weighted by atomic mass is 16.3. The zero-order valence-corrected chi connectivity index (χ0v) is 16.6. The largest absolute Gasteiger partial charge is 0.472 e. The fourth-order valence-corrected chi connectivity index (χ4v) is 4.57. The molecule has 0 aliphatic heterocycles. The number of nitrogens with zero attached hydrogens (tertiary/aromatic N) is 1. The van der Waals surface area contributed by atoms with Crippen LogP contribution in [0.2, 0.25) is 0 Å². The van der Waals surface area contributed by atoms with Crippen LogP contribution >= 0.6 is 0 Å². The van der Waals surface area contributed by atoms with Crippen molar-refractivity contribution < 1.29 is 9.21 Å². The molecule has 4 heteroatoms. The van der Waals surface area contributed by atoms with Gasteiger partial charge in [0.15, 0.2) is 5.78 Å². The quantitative estimate of drug-likeness (QED) is 0.483. The van der Waals surface area contributed by atoms with E-state index in [0.717, 1.165) is 56.4 Å². The second-order valence-electron chi connectivity index (χ2n) is 8.12. The summed E-state index contributed by atoms with van der Waals surface area (Å²) in [4.78, 5) is 17.0. The minimum atomic E-state index is -0.380. The summed E-state index contributed by atoms with van der Waals surface area (Å²) in [7, 11) is 0. The summed E-state index contributed by atoms with van der Waals surface area (Å²) in [5, 5.41) is 10.1. The molecule has 0 saturated carbocycles. The lowest BCUT2D eigenvalue weighted by Crippen LogP contribution is -2.30. The van der Waals surface area contributed by atoms with E-state index in [1.54, 1.807) is 18.6 Å². The lowest BCUT2D eigenvalue weighted by atomic mass is 9.70. The van der Waals surface area contributed by atoms with E-state index in [9.17, 15) is 10.1 Å². The summed E-state index contributed by atoms with van der Waals surface area (Å²) in [5.74, 6) is 0.0405. The maximum Gasteiger partial charge on any atom is 0.195 e. The van der Waals surface area contributed by atoms with Crippen molar-refractivity contribution in [2.75, 3.05) is 0 Å². The minimum Gasteiger partial charge on any atom is -0.472 e. The number of fused-ring (bicyclic) bond motifs is 4. The number of carbonyl (C=O) groups is 1. The second-order valence-corrected chi connectivity index (χ2v) is 8.12. The molecule has 1 N–H and O–H groups in total. The standard InChI is InChI=1S/C25H20N2O2/c1-4-15-10-19-20(11-18(15)16-7-8-29-13-16)25(2,3)24-22(23(19)28)17-6-5-14(12-26)9-21(17)27-24/h5-11,13,27H,4H2,1-3H3. The van der Waals surface area contributed by atoms with Gasteiger partial charge in [-0.25, -0.2) is 0 Å². The van der Waals surface area contributed by atoms with Crippen molar-refractivity contribution in [1.82, 2.24) is 4.98 Å². The first kappa shape index (κ1) is 17.5. The van der Waals surface area contributed by atoms with Gasteiger partial charge in [-0.3, -0.25) is 4.79 Å². The Morgan fingerprint density at radius 1 is 1.14 bits per heavy atom. The van der Waals surface area contributed by atoms with E-state index in [-0.39, 0.29) is 11.2 Å². The first-order chi connectivity index (χ1) is 14.0. The minimum absolute atomic E-state index is 0.0405. The molecule has 0 fully saturated rings. The van der Waals surface area contributed by atoms with Crippen LogP contribution in [0.3, 0.4) is 0 Å². The van der Waals surface area contributed by atoms with Crippen molar-refractivity contribution in [2.45, 2.75) is 32.6 Å². The van der Waals surface area contributed by atoms with E-state index in [4.69, 9.17) is 4.42 Å². The highest BCUT2D eigenvalue weighted by molar-refractivity contribution is 6.20. The lowest BCUT2D eigenvalue weighted by molar-refractivity contribution is 0.103. The third-order valence-corrected chi connectivity index (χ3v) is 6.15. The first-order valence-corrected chi connectivity index (χ1v) is 9.76. The predicted octanol–water partition coefficient (Wildman–Crippen LogP) is 5.73. The topological polar surface area (TPSA) is 69.8 Å². The fourth-order valence-electron chi connectivity index (χ4n) is 4.57. The van der Waals surface area contributed by atoms with Gasteiger partial charge in [0, 0.05) is 33.1 Å². The number of benzene rings is 2. The molecule has 5 rings (SSSR count). The Kier molecular flexibility index (Phi) is 3.60. The van der Waals surface area contributed by atoms with Crippen LogP contribution in [0, 0.1) is 11.3 Å². The molecule has 2 aromatic heterocycles. The van der Waals surface area contributed by atoms with Crippen molar-refractivity contribution in [1.29, 1.82) is 5.26 Å². The molecule has 0 radical (unpaired) electrons. The molecule has 2 heterocycles. The van der Waals surface area contributed by atoms with Gasteiger partial charge in [0.25, 0.3) is 0 Å². The number of carbonyl (C=O) groups excluding carboxylic acids is 1. The Morgan fingerprint density at radius 2 is 1.97 bits per heavy atom. The molecule has 0 saturated heterocycles. The Hall–Kier alpha value is -3.58. The summed E-state index contributed by atoms with van der Waals surface area (Å²) in [6.45, 7) is 6.38. The van der Waals surface area contributed by atoms with Crippen molar-refractivity contribution in [2.24, 2.45) is 0 Å². The first-order valence-electron chi connectivity index (χ1n) is 9.76. The van der Waals surface area contributed by atoms with Gasteiger partial charge in [0.2, 0.25) is 0 Å². The number of rotatable bonds is 2. The van der Waals surface area contributed by atoms with Gasteiger partial charge < -0.3 is 9.40 Å². The number of aromatic nitrogens is 1. The highest BCUT2D eigenvalue weighted by Crippen LogP contribution is 2.45. The molecule has 142 valence electrons. The van der Waals surface area contributed by atoms with E-state index < -0.39 is 0 Å². The highest BCUT2D eigenvalue weighted by Gasteiger charge is 2.40. The molecular weight excluding hydrogens is 360 g/mol. The molecule has 0 unspecified atom stereocenters. The van der Waals surface area contributed by atoms with Gasteiger partial charge in [0.05, 0.1) is 29.7 Å². The molecule has 4 nitrogen and oxygen atoms in total. The summed E-state index contributed by atoms with van der Waals surface area (Å²) >= 11 is 0. The Labute approximate surface area is 168 Å². The van der Waals surface area contributed by atoms with Crippen LogP contribution in [-0.4, -0.2) is 10.8 Å². The van der Waals surface area contributed by atoms with Gasteiger partial charge in [-0.2, -0.15) is 5.26 Å². The maximum absolute atomic E-state index is 13.6. The van der Waals surface area contributed by atoms with Crippen molar-refractivity contribution in [3.63, 3.8) is 0 Å². The number of H-pyrrole nitrogens is 1. The molecule has 29 heavy (non-hydrogen) atoms. The number of aromatic amines is 1. The molecular formula is C25H20N2O2. The SMILES string of the molecule is CCc1cc2c(cc1-c1ccoc1)C(C)(C)c1[nH]c3cc(C#N)ccc3c1C2=O. The van der Waals surface area contributed by atoms with Crippen molar-refractivity contribution >= 4 is 16.7 Å². The van der Waals surface area contributed by atoms with Crippen LogP contribution in [0.5, 0.6) is 0 Å². The number of hydrogen-bond donors (Lipinski definition) is 1. The molecule has 0 bridgehead atoms. The Bertz CT molecular complexity index is 1330. The lowest BCUT2D eigenvalue weighted by Gasteiger charge is -2.33. The van der Waals surface area contributed by atoms with Gasteiger partial charge in [-0.1, -0.05) is 26.8 Å². The Morgan fingerprint density at radius 3 is 2.66 bits per heavy atom. The van der Waals surface area contributed by atoms with Crippen LogP contribution in [0.25, 0.3) is 22.0 Å². The van der Waals surface area contributed by atoms with Crippen molar-refractivity contribution in [3.8, 4) is 17.2 Å².